The molecule has 0 fully saturated rings. The first kappa shape index (κ1) is 12.8. The Labute approximate surface area is 97.0 Å². The fourth-order valence-corrected chi connectivity index (χ4v) is 1.77. The Morgan fingerprint density at radius 1 is 1.24 bits per heavy atom. The molecule has 0 amide bonds. The van der Waals surface area contributed by atoms with E-state index < -0.39 is 22.0 Å². The predicted octanol–water partition coefficient (Wildman–Crippen LogP) is -1.15. The minimum Gasteiger partial charge on any atom is -0.478 e. The molecule has 8 nitrogen and oxygen atoms in total. The molecule has 0 bridgehead atoms. The smallest absolute Gasteiger partial charge is 0.335 e. The Balaban J connectivity index is 3.00. The van der Waals surface area contributed by atoms with Gasteiger partial charge in [0.1, 0.15) is 0 Å². The maximum atomic E-state index is 11.5. The molecule has 0 aliphatic rings. The summed E-state index contributed by atoms with van der Waals surface area (Å²) in [4.78, 5) is 12.2. The number of carboxylic acid groups (broad SMARTS) is 1. The number of rotatable bonds is 4. The molecule has 0 saturated carbocycles. The molecule has 0 spiro atoms. The highest BCUT2D eigenvalue weighted by Crippen LogP contribution is 2.10. The number of hydrazone groups is 1. The molecule has 1 rings (SSSR count). The summed E-state index contributed by atoms with van der Waals surface area (Å²) >= 11 is 0. The van der Waals surface area contributed by atoms with E-state index >= 15 is 0 Å². The molecule has 0 saturated heterocycles. The second-order valence-electron chi connectivity index (χ2n) is 2.96. The number of guanidine groups is 1. The molecule has 6 N–H and O–H groups in total. The average molecular weight is 258 g/mol. The number of sulfonamides is 1. The number of nitrogens with two attached hydrogens (primary N) is 2. The predicted molar refractivity (Wildman–Crippen MR) is 59.5 cm³/mol. The van der Waals surface area contributed by atoms with Crippen molar-refractivity contribution in [1.82, 2.24) is 4.83 Å². The van der Waals surface area contributed by atoms with Gasteiger partial charge in [-0.3, -0.25) is 0 Å². The van der Waals surface area contributed by atoms with Crippen molar-refractivity contribution in [3.63, 3.8) is 0 Å². The van der Waals surface area contributed by atoms with E-state index in [0.29, 0.717) is 0 Å². The molecule has 0 aliphatic heterocycles. The van der Waals surface area contributed by atoms with Crippen LogP contribution in [0.15, 0.2) is 34.3 Å². The Morgan fingerprint density at radius 2 is 1.76 bits per heavy atom. The quantitative estimate of drug-likeness (QED) is 0.304. The van der Waals surface area contributed by atoms with Crippen molar-refractivity contribution in [3.05, 3.63) is 29.8 Å². The lowest BCUT2D eigenvalue weighted by molar-refractivity contribution is 0.0697. The van der Waals surface area contributed by atoms with Crippen molar-refractivity contribution in [3.8, 4) is 0 Å². The van der Waals surface area contributed by atoms with E-state index in [9.17, 15) is 13.2 Å². The van der Waals surface area contributed by atoms with E-state index in [0.717, 1.165) is 24.3 Å². The van der Waals surface area contributed by atoms with Crippen molar-refractivity contribution < 1.29 is 18.3 Å². The first-order valence-electron chi connectivity index (χ1n) is 4.27. The van der Waals surface area contributed by atoms with Crippen molar-refractivity contribution in [2.24, 2.45) is 16.6 Å². The summed E-state index contributed by atoms with van der Waals surface area (Å²) in [5.74, 6) is -1.58. The van der Waals surface area contributed by atoms with Crippen LogP contribution in [0, 0.1) is 0 Å². The van der Waals surface area contributed by atoms with Gasteiger partial charge in [-0.15, -0.1) is 5.10 Å². The number of hydrogen-bond acceptors (Lipinski definition) is 4. The fraction of sp³-hybridized carbons (Fsp3) is 0. The second-order valence-corrected chi connectivity index (χ2v) is 4.62. The number of carbonyl (C=O) groups is 1. The zero-order valence-corrected chi connectivity index (χ0v) is 9.31. The molecule has 0 heterocycles. The van der Waals surface area contributed by atoms with Gasteiger partial charge in [0.2, 0.25) is 5.96 Å². The molecule has 0 radical (unpaired) electrons. The molecule has 17 heavy (non-hydrogen) atoms. The number of nitrogens with one attached hydrogen (secondary N) is 1. The van der Waals surface area contributed by atoms with Gasteiger partial charge in [-0.2, -0.15) is 13.2 Å². The molecule has 0 atom stereocenters. The largest absolute Gasteiger partial charge is 0.478 e. The van der Waals surface area contributed by atoms with Crippen molar-refractivity contribution in [1.29, 1.82) is 0 Å². The number of hydrogen-bond donors (Lipinski definition) is 4. The van der Waals surface area contributed by atoms with Gasteiger partial charge in [0.15, 0.2) is 0 Å². The maximum absolute atomic E-state index is 11.5. The van der Waals surface area contributed by atoms with Gasteiger partial charge in [-0.05, 0) is 24.3 Å². The summed E-state index contributed by atoms with van der Waals surface area (Å²) in [5.41, 5.74) is 9.91. The average Bonchev–Trinajstić information content (AvgIpc) is 2.27. The van der Waals surface area contributed by atoms with Crippen molar-refractivity contribution in [2.75, 3.05) is 0 Å². The highest BCUT2D eigenvalue weighted by molar-refractivity contribution is 7.89. The Kier molecular flexibility index (Phi) is 3.53. The first-order valence-corrected chi connectivity index (χ1v) is 5.75. The highest BCUT2D eigenvalue weighted by atomic mass is 32.2. The second kappa shape index (κ2) is 4.70. The zero-order chi connectivity index (χ0) is 13.1. The van der Waals surface area contributed by atoms with Crippen LogP contribution < -0.4 is 16.3 Å². The van der Waals surface area contributed by atoms with E-state index in [1.54, 1.807) is 4.83 Å². The van der Waals surface area contributed by atoms with Crippen LogP contribution in [0.25, 0.3) is 0 Å². The molecule has 0 unspecified atom stereocenters. The summed E-state index contributed by atoms with van der Waals surface area (Å²) in [6.07, 6.45) is 0. The summed E-state index contributed by atoms with van der Waals surface area (Å²) in [6.45, 7) is 0. The minimum absolute atomic E-state index is 0.0224. The summed E-state index contributed by atoms with van der Waals surface area (Å²) in [6, 6.07) is 4.58. The van der Waals surface area contributed by atoms with E-state index in [4.69, 9.17) is 16.6 Å². The summed E-state index contributed by atoms with van der Waals surface area (Å²) in [5, 5.41) is 11.8. The van der Waals surface area contributed by atoms with Crippen LogP contribution in [0.1, 0.15) is 10.4 Å². The van der Waals surface area contributed by atoms with Gasteiger partial charge < -0.3 is 16.6 Å². The number of aromatic carboxylic acids is 1. The molecule has 0 aromatic heterocycles. The molecule has 92 valence electrons. The lowest BCUT2D eigenvalue weighted by Gasteiger charge is -2.03. The van der Waals surface area contributed by atoms with E-state index in [-0.39, 0.29) is 10.5 Å². The molecule has 1 aromatic rings. The van der Waals surface area contributed by atoms with Crippen LogP contribution in [0.4, 0.5) is 0 Å². The molecular formula is C8H10N4O4S. The number of carboxylic acids is 1. The summed E-state index contributed by atoms with van der Waals surface area (Å²) < 4.78 is 23.1. The Hall–Kier alpha value is -2.29. The van der Waals surface area contributed by atoms with Crippen LogP contribution in [0.2, 0.25) is 0 Å². The van der Waals surface area contributed by atoms with Gasteiger partial charge in [0.25, 0.3) is 10.0 Å². The van der Waals surface area contributed by atoms with Crippen molar-refractivity contribution in [2.45, 2.75) is 4.90 Å². The van der Waals surface area contributed by atoms with Crippen LogP contribution >= 0.6 is 0 Å². The van der Waals surface area contributed by atoms with E-state index in [1.165, 1.54) is 0 Å². The molecular weight excluding hydrogens is 248 g/mol. The normalized spacial score (nSPS) is 10.6. The fourth-order valence-electron chi connectivity index (χ4n) is 0.942. The molecule has 0 aliphatic carbocycles. The van der Waals surface area contributed by atoms with Gasteiger partial charge >= 0.3 is 5.97 Å². The zero-order valence-electron chi connectivity index (χ0n) is 8.49. The third-order valence-corrected chi connectivity index (χ3v) is 2.93. The van der Waals surface area contributed by atoms with Gasteiger partial charge in [0.05, 0.1) is 10.5 Å². The first-order chi connectivity index (χ1) is 7.83. The monoisotopic (exact) mass is 258 g/mol. The van der Waals surface area contributed by atoms with E-state index in [2.05, 4.69) is 5.10 Å². The SMILES string of the molecule is NC(N)=NNS(=O)(=O)c1ccc(C(=O)O)cc1. The Morgan fingerprint density at radius 3 is 2.18 bits per heavy atom. The highest BCUT2D eigenvalue weighted by Gasteiger charge is 2.13. The minimum atomic E-state index is -3.89. The van der Waals surface area contributed by atoms with Crippen LogP contribution in [-0.2, 0) is 10.0 Å². The topological polar surface area (TPSA) is 148 Å². The Bertz CT molecular complexity index is 545. The van der Waals surface area contributed by atoms with E-state index in [1.807, 2.05) is 0 Å². The standard InChI is InChI=1S/C8H10N4O4S/c9-8(10)11-12-17(15,16)6-3-1-5(2-4-6)7(13)14/h1-4,12H,(H,13,14)(H4,9,10,11). The molecule has 9 heteroatoms. The van der Waals surface area contributed by atoms with Gasteiger partial charge in [0, 0.05) is 0 Å². The third kappa shape index (κ3) is 3.34. The number of benzene rings is 1. The van der Waals surface area contributed by atoms with Crippen LogP contribution in [-0.4, -0.2) is 25.5 Å². The van der Waals surface area contributed by atoms with Crippen LogP contribution in [0.3, 0.4) is 0 Å². The van der Waals surface area contributed by atoms with Gasteiger partial charge in [-0.25, -0.2) is 4.79 Å². The van der Waals surface area contributed by atoms with Crippen LogP contribution in [0.5, 0.6) is 0 Å². The molecule has 1 aromatic carbocycles. The maximum Gasteiger partial charge on any atom is 0.335 e. The lowest BCUT2D eigenvalue weighted by Crippen LogP contribution is -2.29. The lowest BCUT2D eigenvalue weighted by atomic mass is 10.2. The third-order valence-electron chi connectivity index (χ3n) is 1.71. The van der Waals surface area contributed by atoms with Crippen molar-refractivity contribution >= 4 is 22.0 Å². The number of nitrogens with zero attached hydrogens (tertiary/aromatic N) is 1. The summed E-state index contributed by atoms with van der Waals surface area (Å²) in [7, 11) is -3.89. The van der Waals surface area contributed by atoms with Gasteiger partial charge in [-0.1, -0.05) is 0 Å².